The van der Waals surface area contributed by atoms with Crippen LogP contribution in [0.5, 0.6) is 0 Å². The molecule has 0 radical (unpaired) electrons. The second-order valence-electron chi connectivity index (χ2n) is 5.81. The van der Waals surface area contributed by atoms with Gasteiger partial charge in [0.2, 0.25) is 5.91 Å². The highest BCUT2D eigenvalue weighted by Crippen LogP contribution is 2.29. The SMILES string of the molecule is CN(C)C1(CN2CC(CN)CC2=O)CCOCC1. The summed E-state index contributed by atoms with van der Waals surface area (Å²) in [5.41, 5.74) is 5.76. The second kappa shape index (κ2) is 5.55. The molecule has 0 aromatic heterocycles. The summed E-state index contributed by atoms with van der Waals surface area (Å²) in [6.45, 7) is 3.84. The van der Waals surface area contributed by atoms with E-state index >= 15 is 0 Å². The number of carbonyl (C=O) groups excluding carboxylic acids is 1. The molecule has 0 spiro atoms. The summed E-state index contributed by atoms with van der Waals surface area (Å²) in [5.74, 6) is 0.606. The third-order valence-electron chi connectivity index (χ3n) is 4.49. The molecule has 2 N–H and O–H groups in total. The quantitative estimate of drug-likeness (QED) is 0.762. The molecule has 2 heterocycles. The van der Waals surface area contributed by atoms with Gasteiger partial charge >= 0.3 is 0 Å². The molecule has 0 aromatic rings. The van der Waals surface area contributed by atoms with Crippen molar-refractivity contribution >= 4 is 5.91 Å². The van der Waals surface area contributed by atoms with Gasteiger partial charge in [0.15, 0.2) is 0 Å². The Bertz CT molecular complexity index is 301. The summed E-state index contributed by atoms with van der Waals surface area (Å²) in [6, 6.07) is 0. The van der Waals surface area contributed by atoms with Crippen LogP contribution in [-0.4, -0.2) is 68.2 Å². The predicted molar refractivity (Wildman–Crippen MR) is 70.2 cm³/mol. The Morgan fingerprint density at radius 3 is 2.61 bits per heavy atom. The van der Waals surface area contributed by atoms with Crippen LogP contribution in [0, 0.1) is 5.92 Å². The highest BCUT2D eigenvalue weighted by molar-refractivity contribution is 5.78. The fourth-order valence-corrected chi connectivity index (χ4v) is 3.02. The summed E-state index contributed by atoms with van der Waals surface area (Å²) in [7, 11) is 4.21. The smallest absolute Gasteiger partial charge is 0.223 e. The van der Waals surface area contributed by atoms with Crippen molar-refractivity contribution in [1.82, 2.24) is 9.80 Å². The molecular weight excluding hydrogens is 230 g/mol. The van der Waals surface area contributed by atoms with Gasteiger partial charge in [0.1, 0.15) is 0 Å². The van der Waals surface area contributed by atoms with Gasteiger partial charge in [-0.15, -0.1) is 0 Å². The molecule has 2 fully saturated rings. The van der Waals surface area contributed by atoms with Gasteiger partial charge in [-0.3, -0.25) is 4.79 Å². The van der Waals surface area contributed by atoms with Gasteiger partial charge in [0, 0.05) is 38.3 Å². The van der Waals surface area contributed by atoms with Crippen molar-refractivity contribution in [3.63, 3.8) is 0 Å². The number of likely N-dealkylation sites (tertiary alicyclic amines) is 1. The Morgan fingerprint density at radius 2 is 2.11 bits per heavy atom. The molecule has 18 heavy (non-hydrogen) atoms. The number of nitrogens with two attached hydrogens (primary N) is 1. The third kappa shape index (κ3) is 2.68. The van der Waals surface area contributed by atoms with E-state index in [9.17, 15) is 4.79 Å². The first kappa shape index (κ1) is 13.8. The predicted octanol–water partition coefficient (Wildman–Crippen LogP) is -0.0956. The minimum Gasteiger partial charge on any atom is -0.381 e. The van der Waals surface area contributed by atoms with Crippen molar-refractivity contribution in [3.8, 4) is 0 Å². The van der Waals surface area contributed by atoms with E-state index in [0.717, 1.165) is 39.1 Å². The first-order chi connectivity index (χ1) is 8.57. The van der Waals surface area contributed by atoms with Gasteiger partial charge in [-0.1, -0.05) is 0 Å². The van der Waals surface area contributed by atoms with E-state index in [2.05, 4.69) is 19.0 Å². The van der Waals surface area contributed by atoms with Crippen LogP contribution >= 0.6 is 0 Å². The Morgan fingerprint density at radius 1 is 1.44 bits per heavy atom. The number of hydrogen-bond donors (Lipinski definition) is 1. The molecule has 0 saturated carbocycles. The number of carbonyl (C=O) groups is 1. The average molecular weight is 255 g/mol. The van der Waals surface area contributed by atoms with Crippen LogP contribution in [-0.2, 0) is 9.53 Å². The number of hydrogen-bond acceptors (Lipinski definition) is 4. The van der Waals surface area contributed by atoms with E-state index in [0.29, 0.717) is 18.9 Å². The van der Waals surface area contributed by atoms with E-state index in [1.807, 2.05) is 4.90 Å². The van der Waals surface area contributed by atoms with Crippen LogP contribution in [0.2, 0.25) is 0 Å². The molecule has 2 saturated heterocycles. The van der Waals surface area contributed by atoms with Crippen molar-refractivity contribution in [2.24, 2.45) is 11.7 Å². The maximum absolute atomic E-state index is 12.0. The van der Waals surface area contributed by atoms with E-state index in [1.54, 1.807) is 0 Å². The molecular formula is C13H25N3O2. The highest BCUT2D eigenvalue weighted by atomic mass is 16.5. The molecule has 5 heteroatoms. The van der Waals surface area contributed by atoms with Crippen molar-refractivity contribution in [3.05, 3.63) is 0 Å². The Hall–Kier alpha value is -0.650. The third-order valence-corrected chi connectivity index (χ3v) is 4.49. The van der Waals surface area contributed by atoms with Crippen LogP contribution in [0.1, 0.15) is 19.3 Å². The van der Waals surface area contributed by atoms with Gasteiger partial charge < -0.3 is 20.3 Å². The Kier molecular flexibility index (Phi) is 4.25. The van der Waals surface area contributed by atoms with Crippen molar-refractivity contribution in [2.75, 3.05) is 46.9 Å². The summed E-state index contributed by atoms with van der Waals surface area (Å²) in [5, 5.41) is 0. The molecule has 0 bridgehead atoms. The van der Waals surface area contributed by atoms with E-state index in [4.69, 9.17) is 10.5 Å². The molecule has 1 amide bonds. The summed E-state index contributed by atoms with van der Waals surface area (Å²) in [6.07, 6.45) is 2.62. The van der Waals surface area contributed by atoms with Gasteiger partial charge in [-0.25, -0.2) is 0 Å². The Labute approximate surface area is 109 Å². The van der Waals surface area contributed by atoms with Crippen molar-refractivity contribution < 1.29 is 9.53 Å². The van der Waals surface area contributed by atoms with Crippen molar-refractivity contribution in [1.29, 1.82) is 0 Å². The number of amides is 1. The van der Waals surface area contributed by atoms with Crippen LogP contribution in [0.3, 0.4) is 0 Å². The molecule has 5 nitrogen and oxygen atoms in total. The van der Waals surface area contributed by atoms with Gasteiger partial charge in [0.05, 0.1) is 0 Å². The van der Waals surface area contributed by atoms with Crippen LogP contribution in [0.15, 0.2) is 0 Å². The fourth-order valence-electron chi connectivity index (χ4n) is 3.02. The van der Waals surface area contributed by atoms with Crippen LogP contribution in [0.25, 0.3) is 0 Å². The minimum absolute atomic E-state index is 0.0808. The standard InChI is InChI=1S/C13H25N3O2/c1-15(2)13(3-5-18-6-4-13)10-16-9-11(8-14)7-12(16)17/h11H,3-10,14H2,1-2H3. The fraction of sp³-hybridized carbons (Fsp3) is 0.923. The van der Waals surface area contributed by atoms with E-state index in [1.165, 1.54) is 0 Å². The lowest BCUT2D eigenvalue weighted by molar-refractivity contribution is -0.130. The summed E-state index contributed by atoms with van der Waals surface area (Å²) in [4.78, 5) is 16.3. The monoisotopic (exact) mass is 255 g/mol. The second-order valence-corrected chi connectivity index (χ2v) is 5.81. The number of rotatable bonds is 4. The summed E-state index contributed by atoms with van der Waals surface area (Å²) >= 11 is 0. The molecule has 104 valence electrons. The normalized spacial score (nSPS) is 28.1. The maximum Gasteiger partial charge on any atom is 0.223 e. The lowest BCUT2D eigenvalue weighted by Crippen LogP contribution is -2.56. The van der Waals surface area contributed by atoms with Gasteiger partial charge in [0.25, 0.3) is 0 Å². The number of likely N-dealkylation sites (N-methyl/N-ethyl adjacent to an activating group) is 1. The molecule has 2 rings (SSSR count). The number of ether oxygens (including phenoxy) is 1. The van der Waals surface area contributed by atoms with E-state index < -0.39 is 0 Å². The average Bonchev–Trinajstić information content (AvgIpc) is 2.71. The maximum atomic E-state index is 12.0. The molecule has 0 aliphatic carbocycles. The van der Waals surface area contributed by atoms with Crippen LogP contribution < -0.4 is 5.73 Å². The molecule has 2 aliphatic rings. The minimum atomic E-state index is 0.0808. The zero-order valence-corrected chi connectivity index (χ0v) is 11.5. The molecule has 0 aromatic carbocycles. The van der Waals surface area contributed by atoms with Crippen molar-refractivity contribution in [2.45, 2.75) is 24.8 Å². The first-order valence-corrected chi connectivity index (χ1v) is 6.80. The van der Waals surface area contributed by atoms with E-state index in [-0.39, 0.29) is 11.4 Å². The zero-order valence-electron chi connectivity index (χ0n) is 11.5. The van der Waals surface area contributed by atoms with Gasteiger partial charge in [-0.2, -0.15) is 0 Å². The van der Waals surface area contributed by atoms with Gasteiger partial charge in [-0.05, 0) is 39.4 Å². The Balaban J connectivity index is 2.03. The summed E-state index contributed by atoms with van der Waals surface area (Å²) < 4.78 is 5.46. The molecule has 1 atom stereocenters. The lowest BCUT2D eigenvalue weighted by atomic mass is 9.88. The highest BCUT2D eigenvalue weighted by Gasteiger charge is 2.40. The molecule has 2 aliphatic heterocycles. The zero-order chi connectivity index (χ0) is 13.2. The lowest BCUT2D eigenvalue weighted by Gasteiger charge is -2.45. The first-order valence-electron chi connectivity index (χ1n) is 6.80. The topological polar surface area (TPSA) is 58.8 Å². The largest absolute Gasteiger partial charge is 0.381 e. The number of nitrogens with zero attached hydrogens (tertiary/aromatic N) is 2. The van der Waals surface area contributed by atoms with Crippen LogP contribution in [0.4, 0.5) is 0 Å². The molecule has 1 unspecified atom stereocenters.